The number of nitrogens with one attached hydrogen (secondary N) is 1. The molecule has 18 heavy (non-hydrogen) atoms. The highest BCUT2D eigenvalue weighted by Crippen LogP contribution is 2.21. The maximum Gasteiger partial charge on any atom is 0.188 e. The number of hydrogen-bond donors (Lipinski definition) is 2. The van der Waals surface area contributed by atoms with Crippen molar-refractivity contribution in [1.29, 1.82) is 0 Å². The molecule has 100 valence electrons. The Kier molecular flexibility index (Phi) is 5.32. The third kappa shape index (κ3) is 4.50. The minimum absolute atomic E-state index is 0.527. The second-order valence-corrected chi connectivity index (χ2v) is 6.50. The summed E-state index contributed by atoms with van der Waals surface area (Å²) in [5.41, 5.74) is 5.89. The monoisotopic (exact) mass is 285 g/mol. The van der Waals surface area contributed by atoms with E-state index in [0.29, 0.717) is 12.0 Å². The van der Waals surface area contributed by atoms with Gasteiger partial charge in [0, 0.05) is 23.9 Å². The molecule has 1 fully saturated rings. The van der Waals surface area contributed by atoms with Gasteiger partial charge in [-0.1, -0.05) is 30.9 Å². The van der Waals surface area contributed by atoms with Gasteiger partial charge in [0.15, 0.2) is 5.96 Å². The van der Waals surface area contributed by atoms with Crippen molar-refractivity contribution in [3.8, 4) is 0 Å². The number of hydrogen-bond acceptors (Lipinski definition) is 2. The lowest BCUT2D eigenvalue weighted by Crippen LogP contribution is -2.41. The second-order valence-electron chi connectivity index (χ2n) is 4.70. The molecule has 0 radical (unpaired) electrons. The maximum absolute atomic E-state index is 5.89. The Morgan fingerprint density at radius 3 is 2.83 bits per heavy atom. The third-order valence-corrected chi connectivity index (χ3v) is 4.52. The molecule has 0 saturated heterocycles. The first-order valence-corrected chi connectivity index (χ1v) is 7.74. The fourth-order valence-corrected chi connectivity index (χ4v) is 3.35. The summed E-state index contributed by atoms with van der Waals surface area (Å²) in [5.74, 6) is 0.588. The van der Waals surface area contributed by atoms with Crippen LogP contribution >= 0.6 is 22.9 Å². The van der Waals surface area contributed by atoms with Crippen molar-refractivity contribution in [1.82, 2.24) is 5.32 Å². The second kappa shape index (κ2) is 7.00. The molecule has 0 atom stereocenters. The van der Waals surface area contributed by atoms with Crippen LogP contribution in [0.4, 0.5) is 0 Å². The Bertz CT molecular complexity index is 397. The fourth-order valence-electron chi connectivity index (χ4n) is 2.27. The predicted molar refractivity (Wildman–Crippen MR) is 79.5 cm³/mol. The van der Waals surface area contributed by atoms with Crippen LogP contribution < -0.4 is 11.1 Å². The first-order valence-electron chi connectivity index (χ1n) is 6.55. The highest BCUT2D eigenvalue weighted by atomic mass is 35.5. The molecule has 2 rings (SSSR count). The van der Waals surface area contributed by atoms with E-state index in [-0.39, 0.29) is 0 Å². The maximum atomic E-state index is 5.89. The molecule has 1 saturated carbocycles. The number of rotatable bonds is 4. The average molecular weight is 286 g/mol. The van der Waals surface area contributed by atoms with Gasteiger partial charge in [0.05, 0.1) is 4.34 Å². The molecule has 1 aromatic rings. The van der Waals surface area contributed by atoms with Crippen LogP contribution in [0.15, 0.2) is 17.1 Å². The topological polar surface area (TPSA) is 50.4 Å². The Balaban J connectivity index is 1.71. The smallest absolute Gasteiger partial charge is 0.188 e. The van der Waals surface area contributed by atoms with E-state index in [4.69, 9.17) is 17.3 Å². The predicted octanol–water partition coefficient (Wildman–Crippen LogP) is 3.18. The van der Waals surface area contributed by atoms with Gasteiger partial charge in [0.2, 0.25) is 0 Å². The van der Waals surface area contributed by atoms with Crippen LogP contribution in [0.2, 0.25) is 4.34 Å². The Labute approximate surface area is 117 Å². The van der Waals surface area contributed by atoms with E-state index < -0.39 is 0 Å². The summed E-state index contributed by atoms with van der Waals surface area (Å²) in [6.45, 7) is 0.725. The molecule has 0 amide bonds. The van der Waals surface area contributed by atoms with Gasteiger partial charge in [-0.2, -0.15) is 0 Å². The van der Waals surface area contributed by atoms with Crippen LogP contribution in [-0.2, 0) is 6.42 Å². The molecule has 0 spiro atoms. The quantitative estimate of drug-likeness (QED) is 0.659. The number of thiophene rings is 1. The van der Waals surface area contributed by atoms with E-state index in [0.717, 1.165) is 17.3 Å². The standard InChI is InChI=1S/C13H20ClN3S/c14-12-7-6-11(18-12)8-9-16-13(15)17-10-4-2-1-3-5-10/h6-7,10H,1-5,8-9H2,(H3,15,16,17). The molecule has 1 aromatic heterocycles. The van der Waals surface area contributed by atoms with Crippen LogP contribution in [0, 0.1) is 0 Å². The molecule has 3 N–H and O–H groups in total. The van der Waals surface area contributed by atoms with Crippen LogP contribution in [0.3, 0.4) is 0 Å². The number of nitrogens with zero attached hydrogens (tertiary/aromatic N) is 1. The molecule has 0 aromatic carbocycles. The van der Waals surface area contributed by atoms with E-state index in [2.05, 4.69) is 10.3 Å². The highest BCUT2D eigenvalue weighted by Gasteiger charge is 2.13. The molecular weight excluding hydrogens is 266 g/mol. The minimum Gasteiger partial charge on any atom is -0.370 e. The van der Waals surface area contributed by atoms with E-state index in [1.165, 1.54) is 37.0 Å². The zero-order valence-corrected chi connectivity index (χ0v) is 12.1. The van der Waals surface area contributed by atoms with Crippen molar-refractivity contribution in [3.63, 3.8) is 0 Å². The van der Waals surface area contributed by atoms with Crippen LogP contribution in [0.5, 0.6) is 0 Å². The summed E-state index contributed by atoms with van der Waals surface area (Å²) in [6.07, 6.45) is 7.31. The lowest BCUT2D eigenvalue weighted by molar-refractivity contribution is 0.412. The summed E-state index contributed by atoms with van der Waals surface area (Å²) in [5, 5.41) is 3.32. The Hall–Kier alpha value is -0.740. The van der Waals surface area contributed by atoms with Gasteiger partial charge in [-0.05, 0) is 25.0 Å². The summed E-state index contributed by atoms with van der Waals surface area (Å²) in [7, 11) is 0. The van der Waals surface area contributed by atoms with Gasteiger partial charge in [-0.25, -0.2) is 0 Å². The van der Waals surface area contributed by atoms with Crippen molar-refractivity contribution in [2.24, 2.45) is 10.7 Å². The van der Waals surface area contributed by atoms with Crippen LogP contribution in [0.25, 0.3) is 0 Å². The molecule has 3 nitrogen and oxygen atoms in total. The third-order valence-electron chi connectivity index (χ3n) is 3.23. The summed E-state index contributed by atoms with van der Waals surface area (Å²) in [4.78, 5) is 5.63. The SMILES string of the molecule is NC(=NCCc1ccc(Cl)s1)NC1CCCCC1. The molecule has 0 aliphatic heterocycles. The van der Waals surface area contributed by atoms with Gasteiger partial charge in [0.25, 0.3) is 0 Å². The molecule has 1 aliphatic carbocycles. The van der Waals surface area contributed by atoms with E-state index in [1.54, 1.807) is 11.3 Å². The van der Waals surface area contributed by atoms with Crippen molar-refractivity contribution in [3.05, 3.63) is 21.3 Å². The Morgan fingerprint density at radius 1 is 1.39 bits per heavy atom. The fraction of sp³-hybridized carbons (Fsp3) is 0.615. The lowest BCUT2D eigenvalue weighted by atomic mass is 9.96. The van der Waals surface area contributed by atoms with Gasteiger partial charge >= 0.3 is 0 Å². The van der Waals surface area contributed by atoms with E-state index in [1.807, 2.05) is 12.1 Å². The number of guanidine groups is 1. The number of nitrogens with two attached hydrogens (primary N) is 1. The van der Waals surface area contributed by atoms with Gasteiger partial charge < -0.3 is 11.1 Å². The van der Waals surface area contributed by atoms with Crippen molar-refractivity contribution in [2.45, 2.75) is 44.6 Å². The van der Waals surface area contributed by atoms with E-state index >= 15 is 0 Å². The van der Waals surface area contributed by atoms with Gasteiger partial charge in [-0.3, -0.25) is 4.99 Å². The molecular formula is C13H20ClN3S. The van der Waals surface area contributed by atoms with Crippen molar-refractivity contribution >= 4 is 28.9 Å². The summed E-state index contributed by atoms with van der Waals surface area (Å²) >= 11 is 7.49. The highest BCUT2D eigenvalue weighted by molar-refractivity contribution is 7.16. The lowest BCUT2D eigenvalue weighted by Gasteiger charge is -2.23. The molecule has 1 heterocycles. The minimum atomic E-state index is 0.527. The van der Waals surface area contributed by atoms with Gasteiger partial charge in [-0.15, -0.1) is 11.3 Å². The van der Waals surface area contributed by atoms with Crippen LogP contribution in [0.1, 0.15) is 37.0 Å². The van der Waals surface area contributed by atoms with Crippen molar-refractivity contribution in [2.75, 3.05) is 6.54 Å². The molecule has 0 unspecified atom stereocenters. The zero-order valence-electron chi connectivity index (χ0n) is 10.5. The van der Waals surface area contributed by atoms with E-state index in [9.17, 15) is 0 Å². The largest absolute Gasteiger partial charge is 0.370 e. The number of aliphatic imine (C=N–C) groups is 1. The van der Waals surface area contributed by atoms with Crippen LogP contribution in [-0.4, -0.2) is 18.5 Å². The molecule has 0 bridgehead atoms. The normalized spacial score (nSPS) is 17.9. The molecule has 1 aliphatic rings. The zero-order chi connectivity index (χ0) is 12.8. The van der Waals surface area contributed by atoms with Gasteiger partial charge in [0.1, 0.15) is 0 Å². The first-order chi connectivity index (χ1) is 8.74. The molecule has 5 heteroatoms. The Morgan fingerprint density at radius 2 is 2.17 bits per heavy atom. The first kappa shape index (κ1) is 13.7. The summed E-state index contributed by atoms with van der Waals surface area (Å²) in [6, 6.07) is 4.50. The number of halogens is 1. The average Bonchev–Trinajstić information content (AvgIpc) is 2.76. The van der Waals surface area contributed by atoms with Crippen molar-refractivity contribution < 1.29 is 0 Å². The summed E-state index contributed by atoms with van der Waals surface area (Å²) < 4.78 is 0.835.